The molecule has 4 aromatic rings. The van der Waals surface area contributed by atoms with E-state index in [1.165, 1.54) is 35.9 Å². The van der Waals surface area contributed by atoms with Crippen molar-refractivity contribution >= 4 is 40.1 Å². The van der Waals surface area contributed by atoms with Gasteiger partial charge in [0.15, 0.2) is 11.6 Å². The van der Waals surface area contributed by atoms with Gasteiger partial charge in [0.05, 0.1) is 17.4 Å². The number of nitrogens with zero attached hydrogens (tertiary/aromatic N) is 4. The van der Waals surface area contributed by atoms with Crippen molar-refractivity contribution < 1.29 is 31.9 Å². The van der Waals surface area contributed by atoms with E-state index in [1.807, 2.05) is 0 Å². The molecule has 1 aliphatic rings. The van der Waals surface area contributed by atoms with Crippen molar-refractivity contribution in [1.29, 1.82) is 0 Å². The summed E-state index contributed by atoms with van der Waals surface area (Å²) in [5.74, 6) is 1.56. The highest BCUT2D eigenvalue weighted by Crippen LogP contribution is 2.30. The molecule has 226 valence electrons. The minimum atomic E-state index is -2.76. The molecule has 13 heteroatoms. The molecule has 2 aromatic carbocycles. The van der Waals surface area contributed by atoms with E-state index in [0.717, 1.165) is 17.3 Å². The SMILES string of the molecule is CC(=O)c1cn(CC(=O)N2CC(C(F)F)C[C@H]2C(=O)NCc2cccc(Cl)c2F)c2ccc(C#Cc3ncc(F)cn3)cc12. The third kappa shape index (κ3) is 6.58. The average molecular weight is 626 g/mol. The van der Waals surface area contributed by atoms with Crippen LogP contribution in [-0.2, 0) is 22.7 Å². The van der Waals surface area contributed by atoms with Crippen molar-refractivity contribution in [3.8, 4) is 11.8 Å². The Morgan fingerprint density at radius 2 is 1.86 bits per heavy atom. The molecule has 0 saturated carbocycles. The van der Waals surface area contributed by atoms with Crippen LogP contribution in [-0.4, -0.2) is 56.0 Å². The van der Waals surface area contributed by atoms with E-state index in [4.69, 9.17) is 11.6 Å². The molecule has 1 saturated heterocycles. The molecule has 2 amide bonds. The number of alkyl halides is 2. The van der Waals surface area contributed by atoms with Crippen molar-refractivity contribution in [1.82, 2.24) is 24.8 Å². The minimum Gasteiger partial charge on any atom is -0.350 e. The Labute approximate surface area is 254 Å². The van der Waals surface area contributed by atoms with Gasteiger partial charge in [0.25, 0.3) is 0 Å². The van der Waals surface area contributed by atoms with Gasteiger partial charge in [-0.15, -0.1) is 0 Å². The maximum absolute atomic E-state index is 14.3. The molecule has 1 unspecified atom stereocenters. The number of Topliss-reactive ketones (excluding diaryl/α,β-unsaturated/α-hetero) is 1. The van der Waals surface area contributed by atoms with Gasteiger partial charge in [-0.3, -0.25) is 14.4 Å². The second kappa shape index (κ2) is 12.9. The second-order valence-corrected chi connectivity index (χ2v) is 10.7. The van der Waals surface area contributed by atoms with Crippen LogP contribution in [0, 0.1) is 29.4 Å². The number of hydrogen-bond acceptors (Lipinski definition) is 5. The van der Waals surface area contributed by atoms with Crippen LogP contribution >= 0.6 is 11.6 Å². The third-order valence-electron chi connectivity index (χ3n) is 7.30. The Morgan fingerprint density at radius 1 is 1.11 bits per heavy atom. The molecule has 1 aliphatic heterocycles. The number of aromatic nitrogens is 3. The van der Waals surface area contributed by atoms with E-state index in [9.17, 15) is 31.9 Å². The molecule has 0 radical (unpaired) electrons. The van der Waals surface area contributed by atoms with Gasteiger partial charge in [0.2, 0.25) is 24.1 Å². The van der Waals surface area contributed by atoms with Gasteiger partial charge in [-0.05, 0) is 43.5 Å². The van der Waals surface area contributed by atoms with Crippen LogP contribution in [0.5, 0.6) is 0 Å². The van der Waals surface area contributed by atoms with Gasteiger partial charge >= 0.3 is 0 Å². The Bertz CT molecular complexity index is 1820. The summed E-state index contributed by atoms with van der Waals surface area (Å²) >= 11 is 5.80. The lowest BCUT2D eigenvalue weighted by Gasteiger charge is -2.24. The van der Waals surface area contributed by atoms with E-state index in [2.05, 4.69) is 27.1 Å². The Hall–Kier alpha value is -4.76. The molecule has 2 atom stereocenters. The third-order valence-corrected chi connectivity index (χ3v) is 7.59. The minimum absolute atomic E-state index is 0.102. The zero-order valence-corrected chi connectivity index (χ0v) is 23.9. The molecular formula is C31H24ClF4N5O3. The number of fused-ring (bicyclic) bond motifs is 1. The zero-order valence-electron chi connectivity index (χ0n) is 23.2. The lowest BCUT2D eigenvalue weighted by atomic mass is 10.1. The van der Waals surface area contributed by atoms with Crippen LogP contribution in [0.4, 0.5) is 17.6 Å². The molecule has 44 heavy (non-hydrogen) atoms. The van der Waals surface area contributed by atoms with Gasteiger partial charge < -0.3 is 14.8 Å². The van der Waals surface area contributed by atoms with E-state index in [1.54, 1.807) is 18.2 Å². The van der Waals surface area contributed by atoms with E-state index in [0.29, 0.717) is 22.0 Å². The first-order valence-corrected chi connectivity index (χ1v) is 13.8. The number of carbonyl (C=O) groups is 3. The summed E-state index contributed by atoms with van der Waals surface area (Å²) in [5.41, 5.74) is 1.43. The monoisotopic (exact) mass is 625 g/mol. The van der Waals surface area contributed by atoms with Gasteiger partial charge in [-0.1, -0.05) is 29.7 Å². The molecular weight excluding hydrogens is 602 g/mol. The molecule has 1 fully saturated rings. The fourth-order valence-electron chi connectivity index (χ4n) is 5.09. The molecule has 0 bridgehead atoms. The van der Waals surface area contributed by atoms with Crippen molar-refractivity contribution in [2.24, 2.45) is 5.92 Å². The van der Waals surface area contributed by atoms with Crippen LogP contribution in [0.2, 0.25) is 5.02 Å². The molecule has 0 spiro atoms. The van der Waals surface area contributed by atoms with Crippen LogP contribution in [0.1, 0.15) is 40.7 Å². The van der Waals surface area contributed by atoms with E-state index >= 15 is 0 Å². The van der Waals surface area contributed by atoms with Gasteiger partial charge in [-0.2, -0.15) is 0 Å². The van der Waals surface area contributed by atoms with E-state index in [-0.39, 0.29) is 48.2 Å². The molecule has 1 N–H and O–H groups in total. The van der Waals surface area contributed by atoms with Gasteiger partial charge in [0, 0.05) is 52.8 Å². The normalized spacial score (nSPS) is 16.2. The fraction of sp³-hybridized carbons (Fsp3) is 0.258. The highest BCUT2D eigenvalue weighted by atomic mass is 35.5. The predicted molar refractivity (Wildman–Crippen MR) is 153 cm³/mol. The summed E-state index contributed by atoms with van der Waals surface area (Å²) < 4.78 is 56.3. The topological polar surface area (TPSA) is 97.2 Å². The maximum Gasteiger partial charge on any atom is 0.243 e. The summed E-state index contributed by atoms with van der Waals surface area (Å²) in [6.45, 7) is 0.444. The summed E-state index contributed by atoms with van der Waals surface area (Å²) in [7, 11) is 0. The predicted octanol–water partition coefficient (Wildman–Crippen LogP) is 4.76. The second-order valence-electron chi connectivity index (χ2n) is 10.3. The number of nitrogens with one attached hydrogen (secondary N) is 1. The fourth-order valence-corrected chi connectivity index (χ4v) is 5.28. The smallest absolute Gasteiger partial charge is 0.243 e. The number of amides is 2. The standard InChI is InChI=1S/C31H24ClF4N5O3/c1-17(42)23-15-40(25-7-5-18(9-22(23)25)6-8-27-37-12-21(33)13-38-27)16-28(43)41-14-20(30(35)36)10-26(41)31(44)39-11-19-3-2-4-24(32)29(19)34/h2-5,7,9,12-13,15,20,26,30H,10-11,14,16H2,1H3,(H,39,44)/t20?,26-/m0/s1. The highest BCUT2D eigenvalue weighted by molar-refractivity contribution is 6.30. The quantitative estimate of drug-likeness (QED) is 0.181. The summed E-state index contributed by atoms with van der Waals surface area (Å²) in [5, 5.41) is 2.90. The molecule has 3 heterocycles. The number of carbonyl (C=O) groups excluding carboxylic acids is 3. The highest BCUT2D eigenvalue weighted by Gasteiger charge is 2.43. The first-order valence-electron chi connectivity index (χ1n) is 13.4. The molecule has 0 aliphatic carbocycles. The lowest BCUT2D eigenvalue weighted by Crippen LogP contribution is -2.46. The van der Waals surface area contributed by atoms with Crippen LogP contribution in [0.25, 0.3) is 10.9 Å². The van der Waals surface area contributed by atoms with Crippen LogP contribution < -0.4 is 5.32 Å². The molecule has 2 aromatic heterocycles. The summed E-state index contributed by atoms with van der Waals surface area (Å²) in [6, 6.07) is 8.05. The van der Waals surface area contributed by atoms with Crippen LogP contribution in [0.3, 0.4) is 0 Å². The van der Waals surface area contributed by atoms with Crippen molar-refractivity contribution in [2.75, 3.05) is 6.54 Å². The van der Waals surface area contributed by atoms with Crippen molar-refractivity contribution in [2.45, 2.75) is 38.9 Å². The van der Waals surface area contributed by atoms with E-state index < -0.39 is 41.8 Å². The first-order chi connectivity index (χ1) is 21.0. The van der Waals surface area contributed by atoms with Gasteiger partial charge in [0.1, 0.15) is 18.4 Å². The van der Waals surface area contributed by atoms with Crippen molar-refractivity contribution in [3.05, 3.63) is 94.2 Å². The zero-order chi connectivity index (χ0) is 31.5. The summed E-state index contributed by atoms with van der Waals surface area (Å²) in [6.07, 6.45) is 0.441. The van der Waals surface area contributed by atoms with Gasteiger partial charge in [-0.25, -0.2) is 27.5 Å². The Kier molecular flexibility index (Phi) is 8.96. The first kappa shape index (κ1) is 30.7. The number of ketones is 1. The number of benzene rings is 2. The van der Waals surface area contributed by atoms with Crippen LogP contribution in [0.15, 0.2) is 55.0 Å². The molecule has 8 nitrogen and oxygen atoms in total. The Balaban J connectivity index is 1.37. The average Bonchev–Trinajstić information content (AvgIpc) is 3.60. The number of halogens is 5. The van der Waals surface area contributed by atoms with Crippen molar-refractivity contribution in [3.63, 3.8) is 0 Å². The lowest BCUT2D eigenvalue weighted by molar-refractivity contribution is -0.139. The summed E-state index contributed by atoms with van der Waals surface area (Å²) in [4.78, 5) is 47.7. The molecule has 5 rings (SSSR count). The maximum atomic E-state index is 14.3. The number of rotatable bonds is 7. The number of hydrogen-bond donors (Lipinski definition) is 1. The number of likely N-dealkylation sites (tertiary alicyclic amines) is 1. The Morgan fingerprint density at radius 3 is 2.57 bits per heavy atom. The largest absolute Gasteiger partial charge is 0.350 e.